The van der Waals surface area contributed by atoms with Crippen LogP contribution in [0, 0.1) is 0 Å². The summed E-state index contributed by atoms with van der Waals surface area (Å²) in [5.74, 6) is 1.00. The summed E-state index contributed by atoms with van der Waals surface area (Å²) in [5, 5.41) is 3.48. The van der Waals surface area contributed by atoms with Crippen molar-refractivity contribution in [2.45, 2.75) is 46.3 Å². The van der Waals surface area contributed by atoms with E-state index < -0.39 is 0 Å². The van der Waals surface area contributed by atoms with E-state index in [2.05, 4.69) is 51.2 Å². The normalized spacial score (nSPS) is 12.8. The Hall–Kier alpha value is -1.02. The summed E-state index contributed by atoms with van der Waals surface area (Å²) in [5.41, 5.74) is 1.26. The summed E-state index contributed by atoms with van der Waals surface area (Å²) in [4.78, 5) is 0. The van der Waals surface area contributed by atoms with E-state index in [9.17, 15) is 0 Å². The van der Waals surface area contributed by atoms with Crippen LogP contribution in [-0.4, -0.2) is 12.6 Å². The lowest BCUT2D eigenvalue weighted by Gasteiger charge is -2.21. The molecule has 0 aliphatic rings. The van der Waals surface area contributed by atoms with Crippen molar-refractivity contribution in [3.8, 4) is 5.75 Å². The minimum Gasteiger partial charge on any atom is -0.491 e. The number of hydrogen-bond donors (Lipinski definition) is 1. The van der Waals surface area contributed by atoms with Crippen LogP contribution in [0.15, 0.2) is 24.3 Å². The number of hydrogen-bond acceptors (Lipinski definition) is 2. The van der Waals surface area contributed by atoms with Gasteiger partial charge in [0.25, 0.3) is 0 Å². The molecule has 0 aromatic heterocycles. The Morgan fingerprint density at radius 1 is 1.19 bits per heavy atom. The van der Waals surface area contributed by atoms with Gasteiger partial charge in [0.15, 0.2) is 0 Å². The van der Waals surface area contributed by atoms with E-state index in [0.717, 1.165) is 18.7 Å². The molecule has 0 spiro atoms. The predicted molar refractivity (Wildman–Crippen MR) is 68.9 cm³/mol. The van der Waals surface area contributed by atoms with Crippen LogP contribution in [0.25, 0.3) is 0 Å². The highest BCUT2D eigenvalue weighted by Gasteiger charge is 2.13. The van der Waals surface area contributed by atoms with Gasteiger partial charge in [-0.15, -0.1) is 0 Å². The minimum absolute atomic E-state index is 0.222. The largest absolute Gasteiger partial charge is 0.491 e. The van der Waals surface area contributed by atoms with Crippen LogP contribution in [0.2, 0.25) is 0 Å². The first-order valence-corrected chi connectivity index (χ1v) is 6.18. The van der Waals surface area contributed by atoms with Gasteiger partial charge < -0.3 is 10.1 Å². The monoisotopic (exact) mass is 221 g/mol. The number of ether oxygens (including phenoxy) is 1. The van der Waals surface area contributed by atoms with Gasteiger partial charge in [0.05, 0.1) is 6.10 Å². The zero-order valence-corrected chi connectivity index (χ0v) is 10.8. The predicted octanol–water partition coefficient (Wildman–Crippen LogP) is 3.53. The zero-order valence-electron chi connectivity index (χ0n) is 10.8. The summed E-state index contributed by atoms with van der Waals surface area (Å²) in [7, 11) is 0. The molecule has 1 N–H and O–H groups in total. The fourth-order valence-corrected chi connectivity index (χ4v) is 1.85. The molecule has 0 heterocycles. The zero-order chi connectivity index (χ0) is 12.0. The molecule has 0 aliphatic heterocycles. The van der Waals surface area contributed by atoms with Crippen molar-refractivity contribution < 1.29 is 4.74 Å². The van der Waals surface area contributed by atoms with E-state index in [4.69, 9.17) is 4.74 Å². The lowest BCUT2D eigenvalue weighted by molar-refractivity contribution is 0.237. The first-order valence-electron chi connectivity index (χ1n) is 6.18. The minimum atomic E-state index is 0.222. The topological polar surface area (TPSA) is 21.3 Å². The van der Waals surface area contributed by atoms with E-state index in [0.29, 0.717) is 6.04 Å². The maximum Gasteiger partial charge on any atom is 0.124 e. The number of para-hydroxylation sites is 1. The van der Waals surface area contributed by atoms with Crippen LogP contribution in [-0.2, 0) is 0 Å². The average molecular weight is 221 g/mol. The smallest absolute Gasteiger partial charge is 0.124 e. The van der Waals surface area contributed by atoms with E-state index in [-0.39, 0.29) is 6.10 Å². The summed E-state index contributed by atoms with van der Waals surface area (Å²) in [6, 6.07) is 8.69. The van der Waals surface area contributed by atoms with Crippen LogP contribution in [0.5, 0.6) is 5.75 Å². The molecule has 1 unspecified atom stereocenters. The molecule has 2 nitrogen and oxygen atoms in total. The van der Waals surface area contributed by atoms with Gasteiger partial charge in [-0.1, -0.05) is 32.0 Å². The molecule has 0 fully saturated rings. The number of rotatable bonds is 6. The second-order valence-electron chi connectivity index (χ2n) is 4.22. The van der Waals surface area contributed by atoms with Crippen molar-refractivity contribution >= 4 is 0 Å². The molecule has 16 heavy (non-hydrogen) atoms. The molecule has 1 aromatic carbocycles. The molecular formula is C14H23NO. The van der Waals surface area contributed by atoms with Crippen molar-refractivity contribution in [2.24, 2.45) is 0 Å². The van der Waals surface area contributed by atoms with Crippen LogP contribution in [0.3, 0.4) is 0 Å². The molecule has 1 atom stereocenters. The molecule has 0 aliphatic carbocycles. The molecule has 0 saturated heterocycles. The molecular weight excluding hydrogens is 198 g/mol. The first-order chi connectivity index (χ1) is 7.69. The second kappa shape index (κ2) is 6.54. The fourth-order valence-electron chi connectivity index (χ4n) is 1.85. The third kappa shape index (κ3) is 3.53. The summed E-state index contributed by atoms with van der Waals surface area (Å²) >= 11 is 0. The number of benzene rings is 1. The van der Waals surface area contributed by atoms with Crippen LogP contribution in [0.1, 0.15) is 45.7 Å². The molecule has 2 heteroatoms. The van der Waals surface area contributed by atoms with Gasteiger partial charge in [0, 0.05) is 11.6 Å². The second-order valence-corrected chi connectivity index (χ2v) is 4.22. The Balaban J connectivity index is 2.91. The third-order valence-electron chi connectivity index (χ3n) is 2.52. The molecule has 1 aromatic rings. The van der Waals surface area contributed by atoms with Gasteiger partial charge in [-0.3, -0.25) is 0 Å². The maximum atomic E-state index is 5.83. The van der Waals surface area contributed by atoms with Gasteiger partial charge in [-0.05, 0) is 32.9 Å². The molecule has 90 valence electrons. The number of nitrogens with one attached hydrogen (secondary N) is 1. The van der Waals surface area contributed by atoms with E-state index >= 15 is 0 Å². The van der Waals surface area contributed by atoms with Crippen LogP contribution >= 0.6 is 0 Å². The summed E-state index contributed by atoms with van der Waals surface area (Å²) < 4.78 is 5.83. The van der Waals surface area contributed by atoms with Crippen molar-refractivity contribution in [2.75, 3.05) is 6.54 Å². The van der Waals surface area contributed by atoms with Gasteiger partial charge in [0.2, 0.25) is 0 Å². The third-order valence-corrected chi connectivity index (χ3v) is 2.52. The molecule has 0 bridgehead atoms. The molecule has 0 amide bonds. The maximum absolute atomic E-state index is 5.83. The average Bonchev–Trinajstić information content (AvgIpc) is 2.26. The Morgan fingerprint density at radius 3 is 2.44 bits per heavy atom. The van der Waals surface area contributed by atoms with Gasteiger partial charge in [0.1, 0.15) is 5.75 Å². The summed E-state index contributed by atoms with van der Waals surface area (Å²) in [6.07, 6.45) is 1.30. The molecule has 1 rings (SSSR count). The Bertz CT molecular complexity index is 309. The highest BCUT2D eigenvalue weighted by molar-refractivity contribution is 5.36. The SMILES string of the molecule is CCNC(CC)c1ccccc1OC(C)C. The van der Waals surface area contributed by atoms with E-state index in [1.165, 1.54) is 5.56 Å². The van der Waals surface area contributed by atoms with Gasteiger partial charge in [-0.2, -0.15) is 0 Å². The Morgan fingerprint density at radius 2 is 1.88 bits per heavy atom. The lowest BCUT2D eigenvalue weighted by Crippen LogP contribution is -2.21. The molecule has 0 saturated carbocycles. The highest BCUT2D eigenvalue weighted by Crippen LogP contribution is 2.27. The fraction of sp³-hybridized carbons (Fsp3) is 0.571. The standard InChI is InChI=1S/C14H23NO/c1-5-13(15-6-2)12-9-7-8-10-14(12)16-11(3)4/h7-11,13,15H,5-6H2,1-4H3. The van der Waals surface area contributed by atoms with Gasteiger partial charge >= 0.3 is 0 Å². The van der Waals surface area contributed by atoms with Gasteiger partial charge in [-0.25, -0.2) is 0 Å². The Kier molecular flexibility index (Phi) is 5.33. The van der Waals surface area contributed by atoms with Crippen molar-refractivity contribution in [3.05, 3.63) is 29.8 Å². The Labute approximate surface area is 99.0 Å². The quantitative estimate of drug-likeness (QED) is 0.793. The van der Waals surface area contributed by atoms with Crippen molar-refractivity contribution in [1.82, 2.24) is 5.32 Å². The van der Waals surface area contributed by atoms with Crippen LogP contribution < -0.4 is 10.1 Å². The summed E-state index contributed by atoms with van der Waals surface area (Å²) in [6.45, 7) is 9.43. The van der Waals surface area contributed by atoms with Crippen LogP contribution in [0.4, 0.5) is 0 Å². The first kappa shape index (κ1) is 13.0. The lowest BCUT2D eigenvalue weighted by atomic mass is 10.0. The van der Waals surface area contributed by atoms with Crippen molar-refractivity contribution in [1.29, 1.82) is 0 Å². The molecule has 0 radical (unpaired) electrons. The van der Waals surface area contributed by atoms with Crippen molar-refractivity contribution in [3.63, 3.8) is 0 Å². The van der Waals surface area contributed by atoms with E-state index in [1.807, 2.05) is 6.07 Å². The van der Waals surface area contributed by atoms with E-state index in [1.54, 1.807) is 0 Å². The highest BCUT2D eigenvalue weighted by atomic mass is 16.5.